The lowest BCUT2D eigenvalue weighted by Gasteiger charge is -2.03. The number of pyridine rings is 1. The summed E-state index contributed by atoms with van der Waals surface area (Å²) in [5.41, 5.74) is 2.35. The van der Waals surface area contributed by atoms with Gasteiger partial charge in [-0.3, -0.25) is 9.67 Å². The zero-order chi connectivity index (χ0) is 16.0. The third-order valence-corrected chi connectivity index (χ3v) is 4.13. The molecular formula is C17H14FN3O2. The smallest absolute Gasteiger partial charge is 0.336 e. The molecule has 0 aliphatic heterocycles. The zero-order valence-corrected chi connectivity index (χ0v) is 12.2. The summed E-state index contributed by atoms with van der Waals surface area (Å²) in [6, 6.07) is 6.47. The first kappa shape index (κ1) is 13.9. The van der Waals surface area contributed by atoms with Crippen LogP contribution in [0.1, 0.15) is 40.5 Å². The number of rotatable bonds is 4. The van der Waals surface area contributed by atoms with Crippen molar-refractivity contribution in [2.24, 2.45) is 0 Å². The number of carboxylic acids is 1. The lowest BCUT2D eigenvalue weighted by molar-refractivity contribution is 0.0695. The van der Waals surface area contributed by atoms with E-state index < -0.39 is 5.97 Å². The van der Waals surface area contributed by atoms with Crippen LogP contribution in [0.2, 0.25) is 0 Å². The highest BCUT2D eigenvalue weighted by molar-refractivity contribution is 5.90. The van der Waals surface area contributed by atoms with E-state index in [1.807, 2.05) is 4.68 Å². The number of benzene rings is 1. The number of carbonyl (C=O) groups is 1. The Morgan fingerprint density at radius 1 is 1.35 bits per heavy atom. The highest BCUT2D eigenvalue weighted by Gasteiger charge is 2.27. The molecule has 0 atom stereocenters. The van der Waals surface area contributed by atoms with Gasteiger partial charge < -0.3 is 5.11 Å². The highest BCUT2D eigenvalue weighted by Crippen LogP contribution is 2.38. The molecule has 0 saturated heterocycles. The summed E-state index contributed by atoms with van der Waals surface area (Å²) >= 11 is 0. The quantitative estimate of drug-likeness (QED) is 0.803. The third kappa shape index (κ3) is 2.46. The third-order valence-electron chi connectivity index (χ3n) is 4.13. The summed E-state index contributed by atoms with van der Waals surface area (Å²) in [6.45, 7) is 0. The maximum absolute atomic E-state index is 13.6. The van der Waals surface area contributed by atoms with Gasteiger partial charge in [0.05, 0.1) is 22.8 Å². The summed E-state index contributed by atoms with van der Waals surface area (Å²) in [4.78, 5) is 15.3. The number of halogens is 1. The largest absolute Gasteiger partial charge is 0.478 e. The Balaban J connectivity index is 1.83. The van der Waals surface area contributed by atoms with Gasteiger partial charge in [0, 0.05) is 24.2 Å². The molecule has 5 nitrogen and oxygen atoms in total. The van der Waals surface area contributed by atoms with Crippen molar-refractivity contribution in [1.29, 1.82) is 0 Å². The maximum atomic E-state index is 13.6. The number of hydrogen-bond acceptors (Lipinski definition) is 3. The molecule has 23 heavy (non-hydrogen) atoms. The van der Waals surface area contributed by atoms with Crippen molar-refractivity contribution < 1.29 is 14.3 Å². The van der Waals surface area contributed by atoms with E-state index in [0.29, 0.717) is 23.7 Å². The molecule has 1 aliphatic carbocycles. The van der Waals surface area contributed by atoms with Gasteiger partial charge in [0.15, 0.2) is 0 Å². The second-order valence-corrected chi connectivity index (χ2v) is 5.80. The molecule has 3 aromatic rings. The fourth-order valence-corrected chi connectivity index (χ4v) is 2.86. The van der Waals surface area contributed by atoms with Gasteiger partial charge >= 0.3 is 5.97 Å². The van der Waals surface area contributed by atoms with Crippen molar-refractivity contribution in [3.63, 3.8) is 0 Å². The molecule has 0 radical (unpaired) electrons. The van der Waals surface area contributed by atoms with Crippen LogP contribution in [-0.4, -0.2) is 25.8 Å². The van der Waals surface area contributed by atoms with Crippen LogP contribution in [0.15, 0.2) is 36.7 Å². The molecule has 2 aromatic heterocycles. The molecule has 1 aliphatic rings. The van der Waals surface area contributed by atoms with Gasteiger partial charge in [0.1, 0.15) is 5.82 Å². The van der Waals surface area contributed by atoms with E-state index in [9.17, 15) is 14.3 Å². The molecule has 1 aromatic carbocycles. The van der Waals surface area contributed by atoms with E-state index in [4.69, 9.17) is 0 Å². The normalized spacial score (nSPS) is 14.3. The number of aromatic nitrogens is 3. The minimum absolute atomic E-state index is 0.200. The Morgan fingerprint density at radius 3 is 2.91 bits per heavy atom. The Kier molecular flexibility index (Phi) is 3.11. The van der Waals surface area contributed by atoms with E-state index in [-0.39, 0.29) is 11.4 Å². The molecule has 0 bridgehead atoms. The average Bonchev–Trinajstić information content (AvgIpc) is 3.32. The first-order valence-corrected chi connectivity index (χ1v) is 7.46. The Labute approximate surface area is 131 Å². The predicted molar refractivity (Wildman–Crippen MR) is 82.0 cm³/mol. The maximum Gasteiger partial charge on any atom is 0.336 e. The molecular weight excluding hydrogens is 297 g/mol. The predicted octanol–water partition coefficient (Wildman–Crippen LogP) is 3.19. The fourth-order valence-electron chi connectivity index (χ4n) is 2.86. The van der Waals surface area contributed by atoms with Gasteiger partial charge in [-0.1, -0.05) is 0 Å². The number of hydrogen-bond donors (Lipinski definition) is 1. The number of aromatic carboxylic acids is 1. The lowest BCUT2D eigenvalue weighted by atomic mass is 10.0. The Hall–Kier alpha value is -2.76. The Morgan fingerprint density at radius 2 is 2.17 bits per heavy atom. The summed E-state index contributed by atoms with van der Waals surface area (Å²) in [5.74, 6) is -1.32. The summed E-state index contributed by atoms with van der Waals surface area (Å²) in [5, 5.41) is 14.6. The van der Waals surface area contributed by atoms with Crippen molar-refractivity contribution in [2.75, 3.05) is 0 Å². The highest BCUT2D eigenvalue weighted by atomic mass is 19.1. The van der Waals surface area contributed by atoms with Gasteiger partial charge in [0.25, 0.3) is 0 Å². The van der Waals surface area contributed by atoms with Crippen LogP contribution < -0.4 is 0 Å². The Bertz CT molecular complexity index is 915. The molecule has 0 spiro atoms. The molecule has 116 valence electrons. The molecule has 0 unspecified atom stereocenters. The SMILES string of the molecule is O=C(O)c1ccncc1Cc1nn(C2CC2)c2ccc(F)cc12. The van der Waals surface area contributed by atoms with Crippen molar-refractivity contribution in [1.82, 2.24) is 14.8 Å². The monoisotopic (exact) mass is 311 g/mol. The minimum atomic E-state index is -1.00. The second-order valence-electron chi connectivity index (χ2n) is 5.80. The summed E-state index contributed by atoms with van der Waals surface area (Å²) < 4.78 is 15.6. The topological polar surface area (TPSA) is 68.0 Å². The molecule has 1 saturated carbocycles. The molecule has 0 amide bonds. The van der Waals surface area contributed by atoms with E-state index in [2.05, 4.69) is 10.1 Å². The van der Waals surface area contributed by atoms with Gasteiger partial charge in [-0.25, -0.2) is 9.18 Å². The van der Waals surface area contributed by atoms with Gasteiger partial charge in [-0.05, 0) is 42.7 Å². The van der Waals surface area contributed by atoms with E-state index in [1.54, 1.807) is 6.07 Å². The van der Waals surface area contributed by atoms with E-state index >= 15 is 0 Å². The van der Waals surface area contributed by atoms with Crippen molar-refractivity contribution in [3.05, 3.63) is 59.3 Å². The molecule has 1 fully saturated rings. The second kappa shape index (κ2) is 5.15. The molecule has 6 heteroatoms. The molecule has 2 heterocycles. The van der Waals surface area contributed by atoms with Crippen LogP contribution in [0.3, 0.4) is 0 Å². The standard InChI is InChI=1S/C17H14FN3O2/c18-11-1-4-16-14(8-11)15(20-21(16)12-2-3-12)7-10-9-19-6-5-13(10)17(22)23/h1,4-6,8-9,12H,2-3,7H2,(H,22,23). The number of carboxylic acid groups (broad SMARTS) is 1. The summed E-state index contributed by atoms with van der Waals surface area (Å²) in [6.07, 6.45) is 5.44. The van der Waals surface area contributed by atoms with E-state index in [1.165, 1.54) is 30.6 Å². The first-order valence-electron chi connectivity index (χ1n) is 7.46. The fraction of sp³-hybridized carbons (Fsp3) is 0.235. The zero-order valence-electron chi connectivity index (χ0n) is 12.2. The van der Waals surface area contributed by atoms with Crippen LogP contribution in [-0.2, 0) is 6.42 Å². The van der Waals surface area contributed by atoms with Crippen LogP contribution in [0.4, 0.5) is 4.39 Å². The number of fused-ring (bicyclic) bond motifs is 1. The molecule has 1 N–H and O–H groups in total. The first-order chi connectivity index (χ1) is 11.1. The van der Waals surface area contributed by atoms with Crippen LogP contribution in [0.25, 0.3) is 10.9 Å². The van der Waals surface area contributed by atoms with Crippen LogP contribution in [0, 0.1) is 5.82 Å². The summed E-state index contributed by atoms with van der Waals surface area (Å²) in [7, 11) is 0. The van der Waals surface area contributed by atoms with Crippen molar-refractivity contribution in [2.45, 2.75) is 25.3 Å². The van der Waals surface area contributed by atoms with Crippen molar-refractivity contribution in [3.8, 4) is 0 Å². The number of nitrogens with zero attached hydrogens (tertiary/aromatic N) is 3. The van der Waals surface area contributed by atoms with E-state index in [0.717, 1.165) is 23.7 Å². The van der Waals surface area contributed by atoms with Gasteiger partial charge in [-0.15, -0.1) is 0 Å². The minimum Gasteiger partial charge on any atom is -0.478 e. The van der Waals surface area contributed by atoms with Crippen molar-refractivity contribution >= 4 is 16.9 Å². The van der Waals surface area contributed by atoms with Gasteiger partial charge in [-0.2, -0.15) is 5.10 Å². The lowest BCUT2D eigenvalue weighted by Crippen LogP contribution is -2.04. The molecule has 4 rings (SSSR count). The average molecular weight is 311 g/mol. The van der Waals surface area contributed by atoms with Crippen LogP contribution in [0.5, 0.6) is 0 Å². The van der Waals surface area contributed by atoms with Gasteiger partial charge in [0.2, 0.25) is 0 Å². The van der Waals surface area contributed by atoms with Crippen LogP contribution >= 0.6 is 0 Å².